The normalized spacial score (nSPS) is 21.5. The Hall–Kier alpha value is -0.590. The lowest BCUT2D eigenvalue weighted by Crippen LogP contribution is -2.36. The molecule has 138 valence electrons. The summed E-state index contributed by atoms with van der Waals surface area (Å²) in [5.41, 5.74) is 0.526. The van der Waals surface area contributed by atoms with Crippen LogP contribution in [0, 0.1) is 5.41 Å². The van der Waals surface area contributed by atoms with Crippen LogP contribution in [-0.2, 0) is 19.6 Å². The monoisotopic (exact) mass is 400 g/mol. The van der Waals surface area contributed by atoms with E-state index in [0.717, 1.165) is 37.7 Å². The number of piperidine rings is 1. The predicted molar refractivity (Wildman–Crippen MR) is 107 cm³/mol. The highest BCUT2D eigenvalue weighted by Crippen LogP contribution is 2.56. The summed E-state index contributed by atoms with van der Waals surface area (Å²) in [5, 5.41) is 6.50. The van der Waals surface area contributed by atoms with E-state index in [-0.39, 0.29) is 12.4 Å². The molecular formula is C18H26Cl2N4S. The Bertz CT molecular complexity index is 693. The van der Waals surface area contributed by atoms with E-state index < -0.39 is 0 Å². The van der Waals surface area contributed by atoms with E-state index >= 15 is 0 Å². The van der Waals surface area contributed by atoms with Crippen molar-refractivity contribution >= 4 is 35.3 Å². The average Bonchev–Trinajstić information content (AvgIpc) is 2.94. The van der Waals surface area contributed by atoms with Gasteiger partial charge >= 0.3 is 0 Å². The van der Waals surface area contributed by atoms with E-state index in [1.807, 2.05) is 12.3 Å². The number of hydrogen-bond acceptors (Lipinski definition) is 4. The van der Waals surface area contributed by atoms with Crippen molar-refractivity contribution in [2.75, 3.05) is 13.1 Å². The van der Waals surface area contributed by atoms with Gasteiger partial charge in [-0.05, 0) is 56.1 Å². The van der Waals surface area contributed by atoms with Crippen molar-refractivity contribution in [3.63, 3.8) is 0 Å². The minimum absolute atomic E-state index is 0. The zero-order valence-electron chi connectivity index (χ0n) is 14.6. The summed E-state index contributed by atoms with van der Waals surface area (Å²) in [6.45, 7) is 7.32. The molecule has 1 N–H and O–H groups in total. The maximum atomic E-state index is 6.38. The number of thiophene rings is 1. The molecule has 1 unspecified atom stereocenters. The van der Waals surface area contributed by atoms with Crippen molar-refractivity contribution in [2.24, 2.45) is 5.41 Å². The quantitative estimate of drug-likeness (QED) is 0.788. The lowest BCUT2D eigenvalue weighted by molar-refractivity contribution is 0.183. The van der Waals surface area contributed by atoms with Gasteiger partial charge in [-0.1, -0.05) is 11.6 Å². The van der Waals surface area contributed by atoms with Gasteiger partial charge in [-0.25, -0.2) is 4.98 Å². The van der Waals surface area contributed by atoms with Crippen molar-refractivity contribution < 1.29 is 0 Å². The number of rotatable bonds is 6. The molecule has 0 bridgehead atoms. The third-order valence-corrected chi connectivity index (χ3v) is 7.08. The van der Waals surface area contributed by atoms with Gasteiger partial charge < -0.3 is 9.88 Å². The molecule has 0 radical (unpaired) electrons. The molecule has 1 saturated carbocycles. The van der Waals surface area contributed by atoms with Gasteiger partial charge in [-0.15, -0.1) is 23.7 Å². The summed E-state index contributed by atoms with van der Waals surface area (Å²) in [5.74, 6) is 1.17. The van der Waals surface area contributed by atoms with Crippen LogP contribution in [0.5, 0.6) is 0 Å². The molecule has 2 aliphatic rings. The maximum Gasteiger partial charge on any atom is 0.122 e. The fraction of sp³-hybridized carbons (Fsp3) is 0.611. The molecule has 25 heavy (non-hydrogen) atoms. The highest BCUT2D eigenvalue weighted by Gasteiger charge is 2.56. The lowest BCUT2D eigenvalue weighted by Gasteiger charge is -2.29. The van der Waals surface area contributed by atoms with Crippen LogP contribution in [0.4, 0.5) is 0 Å². The summed E-state index contributed by atoms with van der Waals surface area (Å²) in [6.07, 6.45) is 7.93. The Morgan fingerprint density at radius 1 is 1.40 bits per heavy atom. The Balaban J connectivity index is 0.00000182. The van der Waals surface area contributed by atoms with Gasteiger partial charge in [0.15, 0.2) is 0 Å². The van der Waals surface area contributed by atoms with Gasteiger partial charge in [0.05, 0.1) is 11.6 Å². The number of hydrogen-bond donors (Lipinski definition) is 1. The molecule has 4 rings (SSSR count). The molecule has 3 heterocycles. The fourth-order valence-electron chi connectivity index (χ4n) is 4.16. The van der Waals surface area contributed by atoms with Crippen LogP contribution in [0.2, 0.25) is 5.02 Å². The Morgan fingerprint density at radius 2 is 2.20 bits per heavy atom. The van der Waals surface area contributed by atoms with Gasteiger partial charge in [0, 0.05) is 36.4 Å². The lowest BCUT2D eigenvalue weighted by atomic mass is 9.93. The maximum absolute atomic E-state index is 6.38. The van der Waals surface area contributed by atoms with Crippen LogP contribution >= 0.6 is 35.3 Å². The van der Waals surface area contributed by atoms with E-state index in [1.165, 1.54) is 30.0 Å². The molecule has 1 aliphatic carbocycles. The average molecular weight is 401 g/mol. The van der Waals surface area contributed by atoms with E-state index in [4.69, 9.17) is 11.6 Å². The van der Waals surface area contributed by atoms with Crippen molar-refractivity contribution in [3.8, 4) is 0 Å². The van der Waals surface area contributed by atoms with E-state index in [0.29, 0.717) is 11.5 Å². The molecule has 1 aliphatic heterocycles. The van der Waals surface area contributed by atoms with Gasteiger partial charge in [-0.3, -0.25) is 4.90 Å². The number of nitrogens with zero attached hydrogens (tertiary/aromatic N) is 3. The SMILES string of the molecule is CCn1ccnc1CN(Cc1sccc1Cl)C1CC12CCNCC2.Cl. The first-order valence-corrected chi connectivity index (χ1v) is 10.1. The van der Waals surface area contributed by atoms with Crippen LogP contribution in [0.15, 0.2) is 23.8 Å². The van der Waals surface area contributed by atoms with Crippen molar-refractivity contribution in [2.45, 2.75) is 51.9 Å². The number of aromatic nitrogens is 2. The standard InChI is InChI=1S/C18H25ClN4S.ClH/c1-2-22-9-8-21-17(22)13-23(12-15-14(19)3-10-24-15)16-11-18(16)4-6-20-7-5-18;/h3,8-10,16,20H,2,4-7,11-13H2,1H3;1H. The first-order chi connectivity index (χ1) is 11.7. The summed E-state index contributed by atoms with van der Waals surface area (Å²) in [6, 6.07) is 2.68. The molecule has 2 aromatic heterocycles. The van der Waals surface area contributed by atoms with Crippen molar-refractivity contribution in [1.82, 2.24) is 19.8 Å². The van der Waals surface area contributed by atoms with E-state index in [2.05, 4.69) is 38.3 Å². The third kappa shape index (κ3) is 3.91. The number of nitrogens with one attached hydrogen (secondary N) is 1. The number of aryl methyl sites for hydroxylation is 1. The van der Waals surface area contributed by atoms with Crippen LogP contribution in [0.25, 0.3) is 0 Å². The smallest absolute Gasteiger partial charge is 0.122 e. The largest absolute Gasteiger partial charge is 0.334 e. The molecule has 1 saturated heterocycles. The highest BCUT2D eigenvalue weighted by molar-refractivity contribution is 7.10. The molecule has 0 amide bonds. The highest BCUT2D eigenvalue weighted by atomic mass is 35.5. The minimum atomic E-state index is 0. The molecule has 0 aromatic carbocycles. The third-order valence-electron chi connectivity index (χ3n) is 5.71. The second-order valence-electron chi connectivity index (χ2n) is 7.06. The summed E-state index contributed by atoms with van der Waals surface area (Å²) >= 11 is 8.15. The Kier molecular flexibility index (Phi) is 6.11. The second kappa shape index (κ2) is 7.97. The second-order valence-corrected chi connectivity index (χ2v) is 8.47. The van der Waals surface area contributed by atoms with Gasteiger partial charge in [-0.2, -0.15) is 0 Å². The van der Waals surface area contributed by atoms with E-state index in [1.54, 1.807) is 11.3 Å². The van der Waals surface area contributed by atoms with Crippen molar-refractivity contribution in [1.29, 1.82) is 0 Å². The van der Waals surface area contributed by atoms with Gasteiger partial charge in [0.25, 0.3) is 0 Å². The zero-order valence-corrected chi connectivity index (χ0v) is 17.0. The Labute approximate surface area is 165 Å². The molecule has 2 aromatic rings. The predicted octanol–water partition coefficient (Wildman–Crippen LogP) is 4.18. The van der Waals surface area contributed by atoms with Crippen LogP contribution in [0.3, 0.4) is 0 Å². The molecule has 7 heteroatoms. The summed E-state index contributed by atoms with van der Waals surface area (Å²) in [4.78, 5) is 8.50. The summed E-state index contributed by atoms with van der Waals surface area (Å²) in [7, 11) is 0. The van der Waals surface area contributed by atoms with Crippen LogP contribution in [-0.4, -0.2) is 33.6 Å². The molecule has 1 atom stereocenters. The van der Waals surface area contributed by atoms with Crippen LogP contribution < -0.4 is 5.32 Å². The fourth-order valence-corrected chi connectivity index (χ4v) is 5.28. The van der Waals surface area contributed by atoms with Crippen LogP contribution in [0.1, 0.15) is 36.9 Å². The number of imidazole rings is 1. The molecular weight excluding hydrogens is 375 g/mol. The van der Waals surface area contributed by atoms with E-state index in [9.17, 15) is 0 Å². The topological polar surface area (TPSA) is 33.1 Å². The first-order valence-electron chi connectivity index (χ1n) is 8.88. The zero-order chi connectivity index (χ0) is 16.6. The van der Waals surface area contributed by atoms with Crippen molar-refractivity contribution in [3.05, 3.63) is 39.6 Å². The molecule has 2 fully saturated rings. The van der Waals surface area contributed by atoms with Gasteiger partial charge in [0.2, 0.25) is 0 Å². The minimum Gasteiger partial charge on any atom is -0.334 e. The molecule has 1 spiro atoms. The Morgan fingerprint density at radius 3 is 2.88 bits per heavy atom. The van der Waals surface area contributed by atoms with Gasteiger partial charge in [0.1, 0.15) is 5.82 Å². The first kappa shape index (κ1) is 19.2. The number of halogens is 2. The summed E-state index contributed by atoms with van der Waals surface area (Å²) < 4.78 is 2.25. The molecule has 4 nitrogen and oxygen atoms in total.